The number of benzene rings is 1. The van der Waals surface area contributed by atoms with Gasteiger partial charge in [-0.05, 0) is 93.6 Å². The van der Waals surface area contributed by atoms with Crippen LogP contribution in [0.4, 0.5) is 10.6 Å². The molecule has 1 aliphatic carbocycles. The number of amides is 1. The molecule has 1 atom stereocenters. The number of nitrogens with one attached hydrogen (secondary N) is 3. The van der Waals surface area contributed by atoms with Gasteiger partial charge in [0, 0.05) is 30.0 Å². The summed E-state index contributed by atoms with van der Waals surface area (Å²) in [6, 6.07) is 18.0. The van der Waals surface area contributed by atoms with Crippen molar-refractivity contribution < 1.29 is 9.53 Å². The van der Waals surface area contributed by atoms with Crippen LogP contribution in [0.5, 0.6) is 0 Å². The number of carbonyl (C=O) groups excluding carboxylic acids is 1. The Morgan fingerprint density at radius 3 is 2.62 bits per heavy atom. The minimum absolute atomic E-state index is 0. The molecule has 3 heterocycles. The molecule has 1 amide bonds. The van der Waals surface area contributed by atoms with E-state index in [9.17, 15) is 4.79 Å². The van der Waals surface area contributed by atoms with Crippen molar-refractivity contribution in [2.45, 2.75) is 65.0 Å². The van der Waals surface area contributed by atoms with Crippen molar-refractivity contribution >= 4 is 23.5 Å². The van der Waals surface area contributed by atoms with Crippen LogP contribution in [0.2, 0.25) is 5.02 Å². The second-order valence-electron chi connectivity index (χ2n) is 10.8. The van der Waals surface area contributed by atoms with Gasteiger partial charge >= 0.3 is 6.09 Å². The molecule has 1 saturated carbocycles. The SMILES string of the molecule is C.O=C(NC1CCC(Cc2cc(-c3cccc(NC[C@H]4CCCNC4)n3)c(Cl)cn2)CC1)OCc1ccccc1. The molecule has 40 heavy (non-hydrogen) atoms. The molecule has 7 nitrogen and oxygen atoms in total. The van der Waals surface area contributed by atoms with E-state index in [0.29, 0.717) is 23.5 Å². The van der Waals surface area contributed by atoms with Crippen LogP contribution in [0.25, 0.3) is 11.3 Å². The van der Waals surface area contributed by atoms with Crippen molar-refractivity contribution in [3.8, 4) is 11.3 Å². The summed E-state index contributed by atoms with van der Waals surface area (Å²) in [6.45, 7) is 3.39. The van der Waals surface area contributed by atoms with Crippen molar-refractivity contribution in [1.29, 1.82) is 0 Å². The zero-order chi connectivity index (χ0) is 26.9. The fraction of sp³-hybridized carbons (Fsp3) is 0.469. The number of hydrogen-bond donors (Lipinski definition) is 3. The van der Waals surface area contributed by atoms with Gasteiger partial charge in [0.25, 0.3) is 0 Å². The van der Waals surface area contributed by atoms with Crippen LogP contribution in [0.3, 0.4) is 0 Å². The molecule has 5 rings (SSSR count). The lowest BCUT2D eigenvalue weighted by Crippen LogP contribution is -2.38. The smallest absolute Gasteiger partial charge is 0.407 e. The van der Waals surface area contributed by atoms with E-state index in [-0.39, 0.29) is 19.6 Å². The van der Waals surface area contributed by atoms with Gasteiger partial charge in [-0.25, -0.2) is 9.78 Å². The summed E-state index contributed by atoms with van der Waals surface area (Å²) in [5, 5.41) is 10.6. The summed E-state index contributed by atoms with van der Waals surface area (Å²) in [5.41, 5.74) is 3.79. The molecule has 0 bridgehead atoms. The zero-order valence-corrected chi connectivity index (χ0v) is 23.1. The topological polar surface area (TPSA) is 88.2 Å². The molecule has 1 aliphatic heterocycles. The predicted octanol–water partition coefficient (Wildman–Crippen LogP) is 6.87. The van der Waals surface area contributed by atoms with Crippen molar-refractivity contribution in [3.63, 3.8) is 0 Å². The Kier molecular flexibility index (Phi) is 11.2. The monoisotopic (exact) mass is 563 g/mol. The first kappa shape index (κ1) is 29.8. The fourth-order valence-electron chi connectivity index (χ4n) is 5.56. The lowest BCUT2D eigenvalue weighted by Gasteiger charge is -2.28. The van der Waals surface area contributed by atoms with Gasteiger partial charge in [-0.1, -0.05) is 55.4 Å². The van der Waals surface area contributed by atoms with E-state index < -0.39 is 0 Å². The minimum Gasteiger partial charge on any atom is -0.445 e. The van der Waals surface area contributed by atoms with Crippen LogP contribution in [-0.4, -0.2) is 41.7 Å². The third-order valence-corrected chi connectivity index (χ3v) is 8.09. The summed E-state index contributed by atoms with van der Waals surface area (Å²) in [6.07, 6.45) is 8.73. The molecule has 2 aliphatic rings. The van der Waals surface area contributed by atoms with Crippen LogP contribution in [0.1, 0.15) is 57.2 Å². The van der Waals surface area contributed by atoms with Gasteiger partial charge in [0.2, 0.25) is 0 Å². The second-order valence-corrected chi connectivity index (χ2v) is 11.2. The van der Waals surface area contributed by atoms with Crippen LogP contribution < -0.4 is 16.0 Å². The number of anilines is 1. The molecule has 2 aromatic heterocycles. The number of carbonyl (C=O) groups is 1. The number of halogens is 1. The Hall–Kier alpha value is -3.16. The van der Waals surface area contributed by atoms with Gasteiger partial charge in [-0.3, -0.25) is 4.98 Å². The first-order valence-corrected chi connectivity index (χ1v) is 14.5. The maximum absolute atomic E-state index is 12.2. The Labute approximate surface area is 243 Å². The predicted molar refractivity (Wildman–Crippen MR) is 163 cm³/mol. The average molecular weight is 564 g/mol. The van der Waals surface area contributed by atoms with Crippen LogP contribution >= 0.6 is 11.6 Å². The lowest BCUT2D eigenvalue weighted by atomic mass is 9.83. The van der Waals surface area contributed by atoms with E-state index in [1.807, 2.05) is 48.5 Å². The lowest BCUT2D eigenvalue weighted by molar-refractivity contribution is 0.131. The molecule has 1 saturated heterocycles. The molecule has 3 N–H and O–H groups in total. The number of aromatic nitrogens is 2. The zero-order valence-electron chi connectivity index (χ0n) is 22.4. The molecule has 1 aromatic carbocycles. The van der Waals surface area contributed by atoms with E-state index in [4.69, 9.17) is 21.3 Å². The third kappa shape index (κ3) is 8.67. The summed E-state index contributed by atoms with van der Waals surface area (Å²) >= 11 is 6.57. The highest BCUT2D eigenvalue weighted by Crippen LogP contribution is 2.31. The summed E-state index contributed by atoms with van der Waals surface area (Å²) in [7, 11) is 0. The Morgan fingerprint density at radius 1 is 1.02 bits per heavy atom. The van der Waals surface area contributed by atoms with Crippen molar-refractivity contribution in [2.24, 2.45) is 11.8 Å². The third-order valence-electron chi connectivity index (χ3n) is 7.79. The van der Waals surface area contributed by atoms with Gasteiger partial charge in [0.15, 0.2) is 0 Å². The number of rotatable bonds is 9. The van der Waals surface area contributed by atoms with Gasteiger partial charge in [-0.2, -0.15) is 0 Å². The van der Waals surface area contributed by atoms with E-state index in [1.54, 1.807) is 6.20 Å². The van der Waals surface area contributed by atoms with E-state index in [0.717, 1.165) is 80.1 Å². The second kappa shape index (κ2) is 15.0. The molecule has 2 fully saturated rings. The Balaban J connectivity index is 0.00000370. The summed E-state index contributed by atoms with van der Waals surface area (Å²) in [5.74, 6) is 2.03. The van der Waals surface area contributed by atoms with Crippen LogP contribution in [0.15, 0.2) is 60.8 Å². The van der Waals surface area contributed by atoms with Gasteiger partial charge in [0.1, 0.15) is 12.4 Å². The normalized spacial score (nSPS) is 20.7. The van der Waals surface area contributed by atoms with Gasteiger partial charge in [0.05, 0.1) is 10.7 Å². The quantitative estimate of drug-likeness (QED) is 0.263. The maximum atomic E-state index is 12.2. The number of alkyl carbamates (subject to hydrolysis) is 1. The Bertz CT molecular complexity index is 1210. The highest BCUT2D eigenvalue weighted by atomic mass is 35.5. The van der Waals surface area contributed by atoms with Gasteiger partial charge < -0.3 is 20.7 Å². The van der Waals surface area contributed by atoms with E-state index in [2.05, 4.69) is 27.0 Å². The molecule has 0 radical (unpaired) electrons. The Morgan fingerprint density at radius 2 is 1.85 bits per heavy atom. The first-order chi connectivity index (χ1) is 19.1. The van der Waals surface area contributed by atoms with Crippen LogP contribution in [0, 0.1) is 11.8 Å². The van der Waals surface area contributed by atoms with Crippen molar-refractivity contribution in [2.75, 3.05) is 25.0 Å². The largest absolute Gasteiger partial charge is 0.445 e. The fourth-order valence-corrected chi connectivity index (χ4v) is 5.76. The van der Waals surface area contributed by atoms with E-state index >= 15 is 0 Å². The maximum Gasteiger partial charge on any atom is 0.407 e. The molecule has 0 unspecified atom stereocenters. The number of pyridine rings is 2. The molecule has 8 heteroatoms. The average Bonchev–Trinajstić information content (AvgIpc) is 2.98. The van der Waals surface area contributed by atoms with Gasteiger partial charge in [-0.15, -0.1) is 0 Å². The number of hydrogen-bond acceptors (Lipinski definition) is 6. The van der Waals surface area contributed by atoms with Crippen molar-refractivity contribution in [1.82, 2.24) is 20.6 Å². The highest BCUT2D eigenvalue weighted by molar-refractivity contribution is 6.33. The molecule has 214 valence electrons. The standard InChI is InChI=1S/C31H38ClN5O2.CH4/c32-28-20-34-26(17-27(28)29-9-4-10-30(37-29)35-19-24-8-5-15-33-18-24)16-22-11-13-25(14-12-22)36-31(38)39-21-23-6-2-1-3-7-23;/h1-4,6-7,9-10,17,20,22,24-25,33H,5,8,11-16,18-19,21H2,(H,35,37)(H,36,38);1H4/t22?,24-,25?;/m0./s1. The number of piperidine rings is 1. The summed E-state index contributed by atoms with van der Waals surface area (Å²) in [4.78, 5) is 21.7. The summed E-state index contributed by atoms with van der Waals surface area (Å²) < 4.78 is 5.39. The van der Waals surface area contributed by atoms with Crippen LogP contribution in [-0.2, 0) is 17.8 Å². The van der Waals surface area contributed by atoms with E-state index in [1.165, 1.54) is 12.8 Å². The molecular formula is C32H42ClN5O2. The number of nitrogens with zero attached hydrogens (tertiary/aromatic N) is 2. The minimum atomic E-state index is -0.342. The molecule has 3 aromatic rings. The molecule has 0 spiro atoms. The first-order valence-electron chi connectivity index (χ1n) is 14.2. The number of ether oxygens (including phenoxy) is 1. The van der Waals surface area contributed by atoms with Crippen molar-refractivity contribution in [3.05, 3.63) is 77.1 Å². The molecular weight excluding hydrogens is 522 g/mol. The highest BCUT2D eigenvalue weighted by Gasteiger charge is 2.24.